The van der Waals surface area contributed by atoms with Crippen LogP contribution in [-0.4, -0.2) is 56.6 Å². The molecule has 2 aromatic carbocycles. The second kappa shape index (κ2) is 11.3. The first-order valence-electron chi connectivity index (χ1n) is 11.1. The maximum Gasteiger partial charge on any atom is 0.244 e. The van der Waals surface area contributed by atoms with Crippen LogP contribution in [0.5, 0.6) is 5.75 Å². The highest BCUT2D eigenvalue weighted by Crippen LogP contribution is 2.27. The molecule has 1 atom stereocenters. The summed E-state index contributed by atoms with van der Waals surface area (Å²) < 4.78 is 31.7. The number of ether oxygens (including phenoxy) is 1. The lowest BCUT2D eigenvalue weighted by atomic mass is 10.1. The smallest absolute Gasteiger partial charge is 0.244 e. The van der Waals surface area contributed by atoms with Crippen LogP contribution in [0.1, 0.15) is 38.8 Å². The van der Waals surface area contributed by atoms with E-state index in [0.29, 0.717) is 22.0 Å². The molecule has 0 saturated carbocycles. The van der Waals surface area contributed by atoms with Gasteiger partial charge in [-0.3, -0.25) is 13.9 Å². The highest BCUT2D eigenvalue weighted by atomic mass is 35.5. The zero-order chi connectivity index (χ0) is 26.6. The molecule has 2 aromatic rings. The van der Waals surface area contributed by atoms with E-state index < -0.39 is 34.1 Å². The SMILES string of the molecule is COc1cccc(CN(C(=O)CN(c2cc(Cl)ccc2C)S(C)(=O)=O)[C@@H](C)C(=O)NC(C)(C)C)c1. The number of sulfonamides is 1. The fourth-order valence-corrected chi connectivity index (χ4v) is 4.54. The van der Waals surface area contributed by atoms with Crippen molar-refractivity contribution in [3.8, 4) is 5.75 Å². The van der Waals surface area contributed by atoms with Gasteiger partial charge in [0.25, 0.3) is 0 Å². The Morgan fingerprint density at radius 1 is 1.14 bits per heavy atom. The van der Waals surface area contributed by atoms with Crippen molar-refractivity contribution in [3.63, 3.8) is 0 Å². The lowest BCUT2D eigenvalue weighted by Gasteiger charge is -2.33. The van der Waals surface area contributed by atoms with Gasteiger partial charge in [-0.15, -0.1) is 0 Å². The number of hydrogen-bond acceptors (Lipinski definition) is 5. The molecular weight excluding hydrogens is 490 g/mol. The number of nitrogens with one attached hydrogen (secondary N) is 1. The van der Waals surface area contributed by atoms with Crippen molar-refractivity contribution in [1.82, 2.24) is 10.2 Å². The van der Waals surface area contributed by atoms with E-state index in [0.717, 1.165) is 16.1 Å². The summed E-state index contributed by atoms with van der Waals surface area (Å²) in [6.45, 7) is 8.49. The number of anilines is 1. The van der Waals surface area contributed by atoms with Crippen molar-refractivity contribution in [1.29, 1.82) is 0 Å². The van der Waals surface area contributed by atoms with Crippen LogP contribution < -0.4 is 14.4 Å². The Hall–Kier alpha value is -2.78. The Bertz CT molecular complexity index is 1180. The third-order valence-electron chi connectivity index (χ3n) is 5.27. The average molecular weight is 524 g/mol. The van der Waals surface area contributed by atoms with E-state index in [-0.39, 0.29) is 12.5 Å². The summed E-state index contributed by atoms with van der Waals surface area (Å²) in [5, 5.41) is 3.23. The lowest BCUT2D eigenvalue weighted by molar-refractivity contribution is -0.140. The van der Waals surface area contributed by atoms with Crippen LogP contribution in [0.15, 0.2) is 42.5 Å². The Morgan fingerprint density at radius 2 is 1.80 bits per heavy atom. The summed E-state index contributed by atoms with van der Waals surface area (Å²) in [6.07, 6.45) is 1.03. The van der Waals surface area contributed by atoms with E-state index in [4.69, 9.17) is 16.3 Å². The predicted molar refractivity (Wildman–Crippen MR) is 139 cm³/mol. The number of carbonyl (C=O) groups is 2. The van der Waals surface area contributed by atoms with Crippen LogP contribution in [0.2, 0.25) is 5.02 Å². The summed E-state index contributed by atoms with van der Waals surface area (Å²) in [5.74, 6) is -0.276. The van der Waals surface area contributed by atoms with Gasteiger partial charge in [-0.25, -0.2) is 8.42 Å². The first kappa shape index (κ1) is 28.5. The molecule has 1 N–H and O–H groups in total. The number of rotatable bonds is 9. The normalized spacial score (nSPS) is 12.6. The first-order valence-corrected chi connectivity index (χ1v) is 13.3. The van der Waals surface area contributed by atoms with E-state index in [2.05, 4.69) is 5.32 Å². The molecule has 0 bridgehead atoms. The van der Waals surface area contributed by atoms with Crippen molar-refractivity contribution >= 4 is 39.1 Å². The van der Waals surface area contributed by atoms with Crippen molar-refractivity contribution in [2.75, 3.05) is 24.2 Å². The van der Waals surface area contributed by atoms with E-state index in [1.165, 1.54) is 11.0 Å². The molecule has 0 aromatic heterocycles. The first-order chi connectivity index (χ1) is 16.1. The number of benzene rings is 2. The van der Waals surface area contributed by atoms with Crippen LogP contribution in [0.4, 0.5) is 5.69 Å². The summed E-state index contributed by atoms with van der Waals surface area (Å²) in [4.78, 5) is 28.0. The van der Waals surface area contributed by atoms with Gasteiger partial charge in [0.1, 0.15) is 18.3 Å². The fraction of sp³-hybridized carbons (Fsp3) is 0.440. The van der Waals surface area contributed by atoms with Crippen LogP contribution in [0.3, 0.4) is 0 Å². The predicted octanol–water partition coefficient (Wildman–Crippen LogP) is 3.76. The molecule has 0 saturated heterocycles. The number of hydrogen-bond donors (Lipinski definition) is 1. The quantitative estimate of drug-likeness (QED) is 0.540. The molecule has 35 heavy (non-hydrogen) atoms. The van der Waals surface area contributed by atoms with Gasteiger partial charge in [-0.1, -0.05) is 29.8 Å². The van der Waals surface area contributed by atoms with Gasteiger partial charge in [-0.2, -0.15) is 0 Å². The van der Waals surface area contributed by atoms with E-state index in [1.54, 1.807) is 51.3 Å². The second-order valence-electron chi connectivity index (χ2n) is 9.49. The molecule has 8 nitrogen and oxygen atoms in total. The number of methoxy groups -OCH3 is 1. The lowest BCUT2D eigenvalue weighted by Crippen LogP contribution is -2.54. The standard InChI is InChI=1S/C25H34ClN3O5S/c1-17-11-12-20(26)14-22(17)29(35(7,32)33)16-23(30)28(18(2)24(31)27-25(3,4)5)15-19-9-8-10-21(13-19)34-6/h8-14,18H,15-16H2,1-7H3,(H,27,31)/t18-/m0/s1. The molecule has 0 aliphatic heterocycles. The van der Waals surface area contributed by atoms with E-state index in [1.807, 2.05) is 26.8 Å². The van der Waals surface area contributed by atoms with Crippen LogP contribution in [0.25, 0.3) is 0 Å². The molecule has 0 aliphatic carbocycles. The van der Waals surface area contributed by atoms with Gasteiger partial charge in [0.05, 0.1) is 19.1 Å². The van der Waals surface area contributed by atoms with Crippen LogP contribution >= 0.6 is 11.6 Å². The highest BCUT2D eigenvalue weighted by molar-refractivity contribution is 7.92. The van der Waals surface area contributed by atoms with E-state index in [9.17, 15) is 18.0 Å². The minimum atomic E-state index is -3.84. The number of nitrogens with zero attached hydrogens (tertiary/aromatic N) is 2. The number of halogens is 1. The summed E-state index contributed by atoms with van der Waals surface area (Å²) in [7, 11) is -2.30. The molecule has 0 heterocycles. The Kier molecular flexibility index (Phi) is 9.19. The third kappa shape index (κ3) is 8.14. The topological polar surface area (TPSA) is 96.0 Å². The summed E-state index contributed by atoms with van der Waals surface area (Å²) in [5.41, 5.74) is 1.18. The molecule has 0 radical (unpaired) electrons. The third-order valence-corrected chi connectivity index (χ3v) is 6.63. The van der Waals surface area contributed by atoms with Gasteiger partial charge >= 0.3 is 0 Å². The summed E-state index contributed by atoms with van der Waals surface area (Å²) >= 11 is 6.12. The molecule has 0 fully saturated rings. The minimum Gasteiger partial charge on any atom is -0.497 e. The maximum absolute atomic E-state index is 13.6. The monoisotopic (exact) mass is 523 g/mol. The second-order valence-corrected chi connectivity index (χ2v) is 11.8. The Morgan fingerprint density at radius 3 is 2.37 bits per heavy atom. The van der Waals surface area contributed by atoms with Gasteiger partial charge in [0.15, 0.2) is 0 Å². The van der Waals surface area contributed by atoms with Gasteiger partial charge in [-0.05, 0) is 70.0 Å². The molecule has 2 rings (SSSR count). The van der Waals surface area contributed by atoms with Gasteiger partial charge < -0.3 is 15.0 Å². The van der Waals surface area contributed by atoms with Crippen LogP contribution in [-0.2, 0) is 26.2 Å². The molecule has 10 heteroatoms. The van der Waals surface area contributed by atoms with Gasteiger partial charge in [0, 0.05) is 17.1 Å². The highest BCUT2D eigenvalue weighted by Gasteiger charge is 2.31. The van der Waals surface area contributed by atoms with Crippen molar-refractivity contribution < 1.29 is 22.7 Å². The molecule has 192 valence electrons. The number of amides is 2. The zero-order valence-corrected chi connectivity index (χ0v) is 22.8. The number of aryl methyl sites for hydroxylation is 1. The molecular formula is C25H34ClN3O5S. The summed E-state index contributed by atoms with van der Waals surface area (Å²) in [6, 6.07) is 11.1. The largest absolute Gasteiger partial charge is 0.497 e. The minimum absolute atomic E-state index is 0.0842. The molecule has 2 amide bonds. The van der Waals surface area contributed by atoms with Crippen molar-refractivity contribution in [2.24, 2.45) is 0 Å². The molecule has 0 aliphatic rings. The Labute approximate surface area is 213 Å². The average Bonchev–Trinajstić information content (AvgIpc) is 2.75. The van der Waals surface area contributed by atoms with E-state index >= 15 is 0 Å². The fourth-order valence-electron chi connectivity index (χ4n) is 3.47. The number of carbonyl (C=O) groups excluding carboxylic acids is 2. The van der Waals surface area contributed by atoms with Crippen LogP contribution in [0, 0.1) is 6.92 Å². The van der Waals surface area contributed by atoms with Crippen molar-refractivity contribution in [3.05, 3.63) is 58.6 Å². The maximum atomic E-state index is 13.6. The Balaban J connectivity index is 2.47. The van der Waals surface area contributed by atoms with Gasteiger partial charge in [0.2, 0.25) is 21.8 Å². The molecule has 0 unspecified atom stereocenters. The van der Waals surface area contributed by atoms with Crippen molar-refractivity contribution in [2.45, 2.75) is 52.7 Å². The zero-order valence-electron chi connectivity index (χ0n) is 21.3. The molecule has 0 spiro atoms.